The highest BCUT2D eigenvalue weighted by atomic mass is 16.5. The molecule has 17 heavy (non-hydrogen) atoms. The zero-order chi connectivity index (χ0) is 12.3. The van der Waals surface area contributed by atoms with E-state index >= 15 is 0 Å². The molecule has 1 N–H and O–H groups in total. The maximum Gasteiger partial charge on any atom is 0.0587 e. The number of hydrogen-bond acceptors (Lipinski definition) is 2. The van der Waals surface area contributed by atoms with Crippen LogP contribution in [0.25, 0.3) is 0 Å². The first kappa shape index (κ1) is 13.9. The van der Waals surface area contributed by atoms with Crippen molar-refractivity contribution in [1.29, 1.82) is 0 Å². The first-order valence-electron chi connectivity index (χ1n) is 6.22. The largest absolute Gasteiger partial charge is 0.383 e. The van der Waals surface area contributed by atoms with Crippen LogP contribution in [-0.2, 0) is 11.2 Å². The van der Waals surface area contributed by atoms with Gasteiger partial charge in [-0.1, -0.05) is 42.0 Å². The number of benzene rings is 1. The van der Waals surface area contributed by atoms with Crippen molar-refractivity contribution in [3.63, 3.8) is 0 Å². The molecule has 0 aliphatic heterocycles. The lowest BCUT2D eigenvalue weighted by atomic mass is 10.1. The molecule has 0 fully saturated rings. The van der Waals surface area contributed by atoms with E-state index in [4.69, 9.17) is 4.74 Å². The van der Waals surface area contributed by atoms with Crippen LogP contribution in [0.5, 0.6) is 0 Å². The molecule has 0 heterocycles. The monoisotopic (exact) mass is 233 g/mol. The third-order valence-electron chi connectivity index (χ3n) is 2.62. The fourth-order valence-electron chi connectivity index (χ4n) is 1.71. The molecular weight excluding hydrogens is 210 g/mol. The lowest BCUT2D eigenvalue weighted by molar-refractivity contribution is 0.199. The number of methoxy groups -OCH3 is 1. The van der Waals surface area contributed by atoms with Crippen LogP contribution in [0.3, 0.4) is 0 Å². The molecule has 0 unspecified atom stereocenters. The van der Waals surface area contributed by atoms with E-state index in [1.54, 1.807) is 7.11 Å². The second-order valence-electron chi connectivity index (χ2n) is 4.24. The van der Waals surface area contributed by atoms with Crippen molar-refractivity contribution in [2.24, 2.45) is 0 Å². The topological polar surface area (TPSA) is 21.3 Å². The summed E-state index contributed by atoms with van der Waals surface area (Å²) < 4.78 is 4.97. The van der Waals surface area contributed by atoms with Crippen LogP contribution in [0.1, 0.15) is 18.9 Å². The van der Waals surface area contributed by atoms with Gasteiger partial charge in [-0.25, -0.2) is 0 Å². The fraction of sp³-hybridized carbons (Fsp3) is 0.467. The summed E-state index contributed by atoms with van der Waals surface area (Å²) in [5.74, 6) is 0. The Morgan fingerprint density at radius 2 is 2.00 bits per heavy atom. The zero-order valence-electron chi connectivity index (χ0n) is 10.9. The molecule has 1 aromatic rings. The van der Waals surface area contributed by atoms with Crippen molar-refractivity contribution in [3.8, 4) is 0 Å². The summed E-state index contributed by atoms with van der Waals surface area (Å²) in [5.41, 5.74) is 2.82. The van der Waals surface area contributed by atoms with Gasteiger partial charge in [0.25, 0.3) is 0 Å². The molecule has 1 rings (SSSR count). The summed E-state index contributed by atoms with van der Waals surface area (Å²) in [7, 11) is 1.73. The first-order chi connectivity index (χ1) is 8.33. The van der Waals surface area contributed by atoms with E-state index in [-0.39, 0.29) is 0 Å². The molecule has 0 saturated carbocycles. The number of nitrogens with one attached hydrogen (secondary N) is 1. The average Bonchev–Trinajstić information content (AvgIpc) is 2.35. The molecule has 0 spiro atoms. The van der Waals surface area contributed by atoms with Crippen molar-refractivity contribution < 1.29 is 4.74 Å². The molecule has 2 heteroatoms. The predicted molar refractivity (Wildman–Crippen MR) is 73.3 cm³/mol. The van der Waals surface area contributed by atoms with Gasteiger partial charge in [-0.15, -0.1) is 0 Å². The number of rotatable bonds is 8. The lowest BCUT2D eigenvalue weighted by Gasteiger charge is -2.03. The van der Waals surface area contributed by atoms with Crippen LogP contribution in [-0.4, -0.2) is 26.8 Å². The van der Waals surface area contributed by atoms with Gasteiger partial charge in [0, 0.05) is 13.7 Å². The van der Waals surface area contributed by atoms with Crippen molar-refractivity contribution in [2.75, 3.05) is 26.8 Å². The minimum absolute atomic E-state index is 0.784. The van der Waals surface area contributed by atoms with Gasteiger partial charge >= 0.3 is 0 Å². The third kappa shape index (κ3) is 6.93. The quantitative estimate of drug-likeness (QED) is 0.550. The van der Waals surface area contributed by atoms with Crippen LogP contribution in [0.15, 0.2) is 42.0 Å². The standard InChI is InChI=1S/C15H23NO/c1-14(7-6-10-16-11-12-17-2)13-15-8-4-3-5-9-15/h3-5,7-9,16H,6,10-13H2,1-2H3/b14-7-. The van der Waals surface area contributed by atoms with Gasteiger partial charge in [0.1, 0.15) is 0 Å². The summed E-state index contributed by atoms with van der Waals surface area (Å²) in [6.45, 7) is 4.94. The minimum Gasteiger partial charge on any atom is -0.383 e. The summed E-state index contributed by atoms with van der Waals surface area (Å²) in [4.78, 5) is 0. The Labute approximate surface area is 105 Å². The predicted octanol–water partition coefficient (Wildman–Crippen LogP) is 2.80. The van der Waals surface area contributed by atoms with E-state index in [9.17, 15) is 0 Å². The van der Waals surface area contributed by atoms with Crippen LogP contribution in [0.2, 0.25) is 0 Å². The summed E-state index contributed by atoms with van der Waals surface area (Å²) >= 11 is 0. The normalized spacial score (nSPS) is 11.8. The molecule has 0 amide bonds. The Kier molecular flexibility index (Phi) is 7.35. The van der Waals surface area contributed by atoms with E-state index in [1.807, 2.05) is 0 Å². The van der Waals surface area contributed by atoms with Crippen LogP contribution in [0, 0.1) is 0 Å². The van der Waals surface area contributed by atoms with Gasteiger partial charge in [-0.3, -0.25) is 0 Å². The van der Waals surface area contributed by atoms with Crippen molar-refractivity contribution in [2.45, 2.75) is 19.8 Å². The molecule has 0 atom stereocenters. The smallest absolute Gasteiger partial charge is 0.0587 e. The zero-order valence-corrected chi connectivity index (χ0v) is 10.9. The fourth-order valence-corrected chi connectivity index (χ4v) is 1.71. The summed E-state index contributed by atoms with van der Waals surface area (Å²) in [6.07, 6.45) is 4.45. The van der Waals surface area contributed by atoms with Crippen molar-refractivity contribution >= 4 is 0 Å². The number of allylic oxidation sites excluding steroid dienone is 1. The highest BCUT2D eigenvalue weighted by Gasteiger charge is 1.93. The maximum absolute atomic E-state index is 4.97. The Hall–Kier alpha value is -1.12. The highest BCUT2D eigenvalue weighted by Crippen LogP contribution is 2.07. The molecule has 0 aliphatic rings. The second kappa shape index (κ2) is 8.97. The van der Waals surface area contributed by atoms with E-state index in [0.717, 1.165) is 32.5 Å². The van der Waals surface area contributed by atoms with Gasteiger partial charge < -0.3 is 10.1 Å². The second-order valence-corrected chi connectivity index (χ2v) is 4.24. The van der Waals surface area contributed by atoms with E-state index in [2.05, 4.69) is 48.6 Å². The van der Waals surface area contributed by atoms with Gasteiger partial charge in [-0.05, 0) is 31.9 Å². The lowest BCUT2D eigenvalue weighted by Crippen LogP contribution is -2.19. The van der Waals surface area contributed by atoms with Crippen LogP contribution < -0.4 is 5.32 Å². The molecular formula is C15H23NO. The molecule has 1 aromatic carbocycles. The summed E-state index contributed by atoms with van der Waals surface area (Å²) in [6, 6.07) is 10.6. The Bertz CT molecular complexity index is 319. The van der Waals surface area contributed by atoms with Crippen molar-refractivity contribution in [3.05, 3.63) is 47.5 Å². The SMILES string of the molecule is COCCNCC/C=C(/C)Cc1ccccc1. The highest BCUT2D eigenvalue weighted by molar-refractivity contribution is 5.20. The first-order valence-corrected chi connectivity index (χ1v) is 6.22. The van der Waals surface area contributed by atoms with E-state index < -0.39 is 0 Å². The summed E-state index contributed by atoms with van der Waals surface area (Å²) in [5, 5.41) is 3.34. The molecule has 0 aliphatic carbocycles. The molecule has 0 radical (unpaired) electrons. The Balaban J connectivity index is 2.17. The van der Waals surface area contributed by atoms with E-state index in [1.165, 1.54) is 11.1 Å². The molecule has 94 valence electrons. The maximum atomic E-state index is 4.97. The Morgan fingerprint density at radius 1 is 1.24 bits per heavy atom. The molecule has 0 bridgehead atoms. The number of hydrogen-bond donors (Lipinski definition) is 1. The molecule has 2 nitrogen and oxygen atoms in total. The van der Waals surface area contributed by atoms with Gasteiger partial charge in [0.05, 0.1) is 6.61 Å². The van der Waals surface area contributed by atoms with Gasteiger partial charge in [0.15, 0.2) is 0 Å². The van der Waals surface area contributed by atoms with Crippen LogP contribution in [0.4, 0.5) is 0 Å². The van der Waals surface area contributed by atoms with E-state index in [0.29, 0.717) is 0 Å². The minimum atomic E-state index is 0.784. The molecule has 0 aromatic heterocycles. The number of ether oxygens (including phenoxy) is 1. The van der Waals surface area contributed by atoms with Crippen LogP contribution >= 0.6 is 0 Å². The van der Waals surface area contributed by atoms with Gasteiger partial charge in [-0.2, -0.15) is 0 Å². The molecule has 0 saturated heterocycles. The average molecular weight is 233 g/mol. The van der Waals surface area contributed by atoms with Crippen molar-refractivity contribution in [1.82, 2.24) is 5.32 Å². The third-order valence-corrected chi connectivity index (χ3v) is 2.62. The Morgan fingerprint density at radius 3 is 2.71 bits per heavy atom. The van der Waals surface area contributed by atoms with Gasteiger partial charge in [0.2, 0.25) is 0 Å².